The van der Waals surface area contributed by atoms with E-state index in [1.54, 1.807) is 0 Å². The number of nitrogens with two attached hydrogens (primary N) is 1. The molecule has 0 amide bonds. The minimum absolute atomic E-state index is 0.0228. The summed E-state index contributed by atoms with van der Waals surface area (Å²) in [6.45, 7) is 1.46. The fourth-order valence-corrected chi connectivity index (χ4v) is 3.14. The molecule has 2 aromatic carbocycles. The zero-order valence-electron chi connectivity index (χ0n) is 13.9. The molecule has 0 aliphatic carbocycles. The van der Waals surface area contributed by atoms with E-state index >= 15 is 0 Å². The lowest BCUT2D eigenvalue weighted by Gasteiger charge is -2.30. The zero-order chi connectivity index (χ0) is 18.1. The number of nitrogens with one attached hydrogen (secondary N) is 1. The van der Waals surface area contributed by atoms with Gasteiger partial charge in [-0.3, -0.25) is 0 Å². The molecule has 1 aliphatic rings. The molecule has 1 aromatic heterocycles. The summed E-state index contributed by atoms with van der Waals surface area (Å²) in [5, 5.41) is 2.76. The molecule has 0 spiro atoms. The Kier molecular flexibility index (Phi) is 4.12. The van der Waals surface area contributed by atoms with Crippen molar-refractivity contribution in [1.82, 2.24) is 9.97 Å². The van der Waals surface area contributed by atoms with Crippen LogP contribution < -0.4 is 16.0 Å². The van der Waals surface area contributed by atoms with E-state index < -0.39 is 11.6 Å². The van der Waals surface area contributed by atoms with E-state index in [1.807, 2.05) is 12.1 Å². The average molecular weight is 353 g/mol. The van der Waals surface area contributed by atoms with Crippen molar-refractivity contribution in [3.63, 3.8) is 0 Å². The van der Waals surface area contributed by atoms with Gasteiger partial charge in [0.1, 0.15) is 23.6 Å². The second-order valence-electron chi connectivity index (χ2n) is 6.15. The lowest BCUT2D eigenvalue weighted by Crippen LogP contribution is -2.31. The van der Waals surface area contributed by atoms with Crippen LogP contribution in [0, 0.1) is 11.6 Å². The molecule has 26 heavy (non-hydrogen) atoms. The summed E-state index contributed by atoms with van der Waals surface area (Å²) in [4.78, 5) is 10.4. The lowest BCUT2D eigenvalue weighted by atomic mass is 10.00. The maximum Gasteiger partial charge on any atom is 0.159 e. The highest BCUT2D eigenvalue weighted by Gasteiger charge is 2.21. The summed E-state index contributed by atoms with van der Waals surface area (Å²) >= 11 is 0. The SMILES string of the molecule is Nc1c(Nc2cc(F)ccc2F)ncnc1N1CCc2ccccc2C1. The summed E-state index contributed by atoms with van der Waals surface area (Å²) < 4.78 is 27.3. The maximum absolute atomic E-state index is 13.9. The van der Waals surface area contributed by atoms with Gasteiger partial charge < -0.3 is 16.0 Å². The smallest absolute Gasteiger partial charge is 0.159 e. The van der Waals surface area contributed by atoms with Crippen molar-refractivity contribution in [3.05, 3.63) is 71.6 Å². The van der Waals surface area contributed by atoms with Crippen molar-refractivity contribution < 1.29 is 8.78 Å². The van der Waals surface area contributed by atoms with Gasteiger partial charge in [0, 0.05) is 19.2 Å². The molecule has 1 aliphatic heterocycles. The molecule has 7 heteroatoms. The minimum atomic E-state index is -0.585. The van der Waals surface area contributed by atoms with Crippen LogP contribution in [-0.2, 0) is 13.0 Å². The van der Waals surface area contributed by atoms with Crippen molar-refractivity contribution >= 4 is 23.0 Å². The Morgan fingerprint density at radius 2 is 1.85 bits per heavy atom. The van der Waals surface area contributed by atoms with Crippen LogP contribution in [0.15, 0.2) is 48.8 Å². The summed E-state index contributed by atoms with van der Waals surface area (Å²) in [6, 6.07) is 11.4. The molecular formula is C19H17F2N5. The van der Waals surface area contributed by atoms with Gasteiger partial charge in [-0.1, -0.05) is 24.3 Å². The van der Waals surface area contributed by atoms with E-state index in [4.69, 9.17) is 5.73 Å². The number of rotatable bonds is 3. The molecule has 0 saturated carbocycles. The molecule has 0 unspecified atom stereocenters. The molecule has 4 rings (SSSR count). The number of hydrogen-bond donors (Lipinski definition) is 2. The summed E-state index contributed by atoms with van der Waals surface area (Å²) in [5.74, 6) is -0.306. The zero-order valence-corrected chi connectivity index (χ0v) is 13.9. The fraction of sp³-hybridized carbons (Fsp3) is 0.158. The third-order valence-electron chi connectivity index (χ3n) is 4.47. The molecule has 0 atom stereocenters. The number of benzene rings is 2. The second-order valence-corrected chi connectivity index (χ2v) is 6.15. The first kappa shape index (κ1) is 16.3. The van der Waals surface area contributed by atoms with Crippen LogP contribution in [0.5, 0.6) is 0 Å². The molecule has 0 fully saturated rings. The lowest BCUT2D eigenvalue weighted by molar-refractivity contribution is 0.603. The highest BCUT2D eigenvalue weighted by atomic mass is 19.1. The van der Waals surface area contributed by atoms with Gasteiger partial charge in [0.2, 0.25) is 0 Å². The van der Waals surface area contributed by atoms with E-state index in [0.717, 1.165) is 31.2 Å². The average Bonchev–Trinajstić information content (AvgIpc) is 2.66. The molecular weight excluding hydrogens is 336 g/mol. The molecule has 5 nitrogen and oxygen atoms in total. The molecule has 3 aromatic rings. The maximum atomic E-state index is 13.9. The number of halogens is 2. The first-order chi connectivity index (χ1) is 12.6. The standard InChI is InChI=1S/C19H17F2N5/c20-14-5-6-15(21)16(9-14)25-18-17(22)19(24-11-23-18)26-8-7-12-3-1-2-4-13(12)10-26/h1-6,9,11H,7-8,10,22H2,(H,23,24,25). The van der Waals surface area contributed by atoms with Crippen molar-refractivity contribution in [3.8, 4) is 0 Å². The highest BCUT2D eigenvalue weighted by molar-refractivity contribution is 5.78. The van der Waals surface area contributed by atoms with Crippen LogP contribution >= 0.6 is 0 Å². The molecule has 132 valence electrons. The van der Waals surface area contributed by atoms with Crippen molar-refractivity contribution in [2.45, 2.75) is 13.0 Å². The van der Waals surface area contributed by atoms with Gasteiger partial charge in [0.25, 0.3) is 0 Å². The summed E-state index contributed by atoms with van der Waals surface area (Å²) in [5.41, 5.74) is 9.04. The first-order valence-electron chi connectivity index (χ1n) is 8.26. The molecule has 0 saturated heterocycles. The quantitative estimate of drug-likeness (QED) is 0.752. The van der Waals surface area contributed by atoms with Crippen LogP contribution in [0.25, 0.3) is 0 Å². The highest BCUT2D eigenvalue weighted by Crippen LogP contribution is 2.32. The van der Waals surface area contributed by atoms with E-state index in [2.05, 4.69) is 32.3 Å². The minimum Gasteiger partial charge on any atom is -0.393 e. The predicted molar refractivity (Wildman–Crippen MR) is 97.3 cm³/mol. The van der Waals surface area contributed by atoms with Crippen LogP contribution in [0.3, 0.4) is 0 Å². The normalized spacial score (nSPS) is 13.4. The number of hydrogen-bond acceptors (Lipinski definition) is 5. The van der Waals surface area contributed by atoms with Crippen LogP contribution in [-0.4, -0.2) is 16.5 Å². The van der Waals surface area contributed by atoms with E-state index in [-0.39, 0.29) is 11.5 Å². The van der Waals surface area contributed by atoms with Crippen LogP contribution in [0.2, 0.25) is 0 Å². The Bertz CT molecular complexity index is 960. The van der Waals surface area contributed by atoms with Gasteiger partial charge in [-0.25, -0.2) is 18.7 Å². The monoisotopic (exact) mass is 353 g/mol. The van der Waals surface area contributed by atoms with Gasteiger partial charge in [0.05, 0.1) is 5.69 Å². The fourth-order valence-electron chi connectivity index (χ4n) is 3.14. The number of nitrogen functional groups attached to an aromatic ring is 1. The molecule has 0 radical (unpaired) electrons. The Hall–Kier alpha value is -3.22. The number of fused-ring (bicyclic) bond motifs is 1. The van der Waals surface area contributed by atoms with Gasteiger partial charge in [-0.15, -0.1) is 0 Å². The van der Waals surface area contributed by atoms with Crippen molar-refractivity contribution in [2.24, 2.45) is 0 Å². The van der Waals surface area contributed by atoms with E-state index in [0.29, 0.717) is 18.1 Å². The van der Waals surface area contributed by atoms with Gasteiger partial charge >= 0.3 is 0 Å². The van der Waals surface area contributed by atoms with E-state index in [1.165, 1.54) is 17.5 Å². The Labute approximate surface area is 149 Å². The molecule has 3 N–H and O–H groups in total. The second kappa shape index (κ2) is 6.59. The van der Waals surface area contributed by atoms with Crippen LogP contribution in [0.4, 0.5) is 31.8 Å². The third-order valence-corrected chi connectivity index (χ3v) is 4.47. The largest absolute Gasteiger partial charge is 0.393 e. The Morgan fingerprint density at radius 1 is 1.04 bits per heavy atom. The Balaban J connectivity index is 1.63. The molecule has 2 heterocycles. The van der Waals surface area contributed by atoms with Gasteiger partial charge in [0.15, 0.2) is 11.6 Å². The van der Waals surface area contributed by atoms with Crippen molar-refractivity contribution in [1.29, 1.82) is 0 Å². The summed E-state index contributed by atoms with van der Waals surface area (Å²) in [7, 11) is 0. The predicted octanol–water partition coefficient (Wildman–Crippen LogP) is 3.64. The first-order valence-corrected chi connectivity index (χ1v) is 8.26. The number of nitrogens with zero attached hydrogens (tertiary/aromatic N) is 3. The third kappa shape index (κ3) is 3.03. The van der Waals surface area contributed by atoms with Crippen molar-refractivity contribution in [2.75, 3.05) is 22.5 Å². The number of anilines is 4. The van der Waals surface area contributed by atoms with E-state index in [9.17, 15) is 8.78 Å². The Morgan fingerprint density at radius 3 is 2.69 bits per heavy atom. The van der Waals surface area contributed by atoms with Gasteiger partial charge in [-0.2, -0.15) is 0 Å². The van der Waals surface area contributed by atoms with Gasteiger partial charge in [-0.05, 0) is 29.7 Å². The molecule has 0 bridgehead atoms. The topological polar surface area (TPSA) is 67.1 Å². The van der Waals surface area contributed by atoms with Crippen LogP contribution in [0.1, 0.15) is 11.1 Å². The number of aromatic nitrogens is 2. The summed E-state index contributed by atoms with van der Waals surface area (Å²) in [6.07, 6.45) is 2.26.